The summed E-state index contributed by atoms with van der Waals surface area (Å²) in [6.07, 6.45) is -1.01. The van der Waals surface area contributed by atoms with Gasteiger partial charge in [0.2, 0.25) is 0 Å². The lowest BCUT2D eigenvalue weighted by atomic mass is 10.1. The molecule has 1 saturated heterocycles. The molecule has 1 unspecified atom stereocenters. The molecule has 0 aliphatic carbocycles. The predicted octanol–water partition coefficient (Wildman–Crippen LogP) is 3.15. The molecule has 25 heavy (non-hydrogen) atoms. The topological polar surface area (TPSA) is 39.5 Å². The molecule has 0 amide bonds. The quantitative estimate of drug-likeness (QED) is 0.761. The van der Waals surface area contributed by atoms with E-state index in [-0.39, 0.29) is 30.0 Å². The van der Waals surface area contributed by atoms with E-state index in [4.69, 9.17) is 21.7 Å². The average Bonchev–Trinajstić information content (AvgIpc) is 3.11. The number of aromatic nitrogens is 2. The molecule has 0 bridgehead atoms. The van der Waals surface area contributed by atoms with Gasteiger partial charge in [0, 0.05) is 6.20 Å². The van der Waals surface area contributed by atoms with Crippen molar-refractivity contribution in [2.75, 3.05) is 18.1 Å². The van der Waals surface area contributed by atoms with Crippen LogP contribution in [0.4, 0.5) is 19.0 Å². The van der Waals surface area contributed by atoms with Crippen LogP contribution in [0.1, 0.15) is 5.56 Å². The van der Waals surface area contributed by atoms with Gasteiger partial charge in [0.25, 0.3) is 11.6 Å². The van der Waals surface area contributed by atoms with Gasteiger partial charge < -0.3 is 14.0 Å². The number of nitrogens with zero attached hydrogens (tertiary/aromatic N) is 3. The summed E-state index contributed by atoms with van der Waals surface area (Å²) in [6.45, 7) is 2.12. The van der Waals surface area contributed by atoms with Crippen LogP contribution in [0.3, 0.4) is 0 Å². The van der Waals surface area contributed by atoms with E-state index in [0.29, 0.717) is 23.5 Å². The van der Waals surface area contributed by atoms with Gasteiger partial charge in [0.1, 0.15) is 25.1 Å². The predicted molar refractivity (Wildman–Crippen MR) is 88.7 cm³/mol. The van der Waals surface area contributed by atoms with Crippen LogP contribution in [0.25, 0.3) is 11.4 Å². The van der Waals surface area contributed by atoms with Crippen molar-refractivity contribution in [1.82, 2.24) is 9.55 Å². The maximum Gasteiger partial charge on any atom is 0.265 e. The minimum absolute atomic E-state index is 0.0369. The lowest BCUT2D eigenvalue weighted by Crippen LogP contribution is -2.38. The molecule has 2 aliphatic heterocycles. The highest BCUT2D eigenvalue weighted by atomic mass is 32.1. The number of hydrogen-bond donors (Lipinski definition) is 0. The smallest absolute Gasteiger partial charge is 0.265 e. The van der Waals surface area contributed by atoms with Gasteiger partial charge in [-0.2, -0.15) is 0 Å². The SMILES string of the molecule is Cc1ccc2c(c1F)OCCn1cc(N3C(=S)OCC3C(F)F)nc1-2. The normalized spacial score (nSPS) is 19.3. The van der Waals surface area contributed by atoms with Crippen LogP contribution >= 0.6 is 12.2 Å². The fourth-order valence-corrected chi connectivity index (χ4v) is 3.30. The second kappa shape index (κ2) is 5.91. The summed E-state index contributed by atoms with van der Waals surface area (Å²) in [4.78, 5) is 5.64. The van der Waals surface area contributed by atoms with Crippen molar-refractivity contribution in [3.05, 3.63) is 29.7 Å². The van der Waals surface area contributed by atoms with Crippen LogP contribution in [0.15, 0.2) is 18.3 Å². The number of fused-ring (bicyclic) bond motifs is 3. The first-order valence-corrected chi connectivity index (χ1v) is 8.11. The van der Waals surface area contributed by atoms with E-state index < -0.39 is 18.3 Å². The first-order chi connectivity index (χ1) is 12.0. The Morgan fingerprint density at radius 1 is 1.32 bits per heavy atom. The van der Waals surface area contributed by atoms with E-state index in [1.54, 1.807) is 29.8 Å². The molecule has 0 radical (unpaired) electrons. The van der Waals surface area contributed by atoms with Gasteiger partial charge >= 0.3 is 0 Å². The summed E-state index contributed by atoms with van der Waals surface area (Å²) in [5.74, 6) is 0.392. The number of aryl methyl sites for hydroxylation is 1. The molecule has 0 N–H and O–H groups in total. The molecule has 9 heteroatoms. The minimum Gasteiger partial charge on any atom is -0.488 e. The van der Waals surface area contributed by atoms with Crippen molar-refractivity contribution in [3.63, 3.8) is 0 Å². The van der Waals surface area contributed by atoms with E-state index >= 15 is 0 Å². The Morgan fingerprint density at radius 2 is 2.12 bits per heavy atom. The maximum atomic E-state index is 14.4. The molecule has 1 aromatic carbocycles. The second-order valence-corrected chi connectivity index (χ2v) is 6.24. The van der Waals surface area contributed by atoms with Gasteiger partial charge in [-0.3, -0.25) is 4.90 Å². The van der Waals surface area contributed by atoms with Crippen LogP contribution in [0.2, 0.25) is 0 Å². The van der Waals surface area contributed by atoms with Crippen molar-refractivity contribution in [2.45, 2.75) is 25.9 Å². The molecule has 0 saturated carbocycles. The lowest BCUT2D eigenvalue weighted by molar-refractivity contribution is 0.106. The molecule has 1 atom stereocenters. The fourth-order valence-electron chi connectivity index (χ4n) is 3.01. The summed E-state index contributed by atoms with van der Waals surface area (Å²) in [6, 6.07) is 2.16. The first kappa shape index (κ1) is 16.2. The van der Waals surface area contributed by atoms with E-state index in [1.165, 1.54) is 4.90 Å². The molecule has 4 rings (SSSR count). The summed E-state index contributed by atoms with van der Waals surface area (Å²) in [5.41, 5.74) is 0.942. The Hall–Kier alpha value is -2.29. The number of rotatable bonds is 2. The number of halogens is 3. The third-order valence-corrected chi connectivity index (χ3v) is 4.63. The number of hydrogen-bond acceptors (Lipinski definition) is 4. The number of alkyl halides is 2. The largest absolute Gasteiger partial charge is 0.488 e. The molecule has 1 fully saturated rings. The van der Waals surface area contributed by atoms with Crippen LogP contribution in [0, 0.1) is 12.7 Å². The zero-order valence-corrected chi connectivity index (χ0v) is 14.0. The summed E-state index contributed by atoms with van der Waals surface area (Å²) in [5, 5.41) is -0.0369. The Kier molecular flexibility index (Phi) is 3.82. The number of benzene rings is 1. The molecule has 5 nitrogen and oxygen atoms in total. The summed E-state index contributed by atoms with van der Waals surface area (Å²) < 4.78 is 53.3. The van der Waals surface area contributed by atoms with Crippen molar-refractivity contribution < 1.29 is 22.6 Å². The van der Waals surface area contributed by atoms with Gasteiger partial charge in [-0.1, -0.05) is 6.07 Å². The standard InChI is InChI=1S/C16H14F3N3O2S/c1-8-2-3-9-13(12(8)17)23-5-4-21-6-11(20-15(9)21)22-10(14(18)19)7-24-16(22)25/h2-3,6,10,14H,4-5,7H2,1H3. The van der Waals surface area contributed by atoms with Crippen LogP contribution in [-0.4, -0.2) is 40.4 Å². The van der Waals surface area contributed by atoms with E-state index in [9.17, 15) is 13.2 Å². The Bertz CT molecular complexity index is 855. The monoisotopic (exact) mass is 369 g/mol. The number of anilines is 1. The van der Waals surface area contributed by atoms with Crippen molar-refractivity contribution in [2.24, 2.45) is 0 Å². The molecule has 1 aromatic heterocycles. The second-order valence-electron chi connectivity index (χ2n) is 5.89. The minimum atomic E-state index is -2.63. The third-order valence-electron chi connectivity index (χ3n) is 4.32. The highest BCUT2D eigenvalue weighted by molar-refractivity contribution is 7.80. The zero-order valence-electron chi connectivity index (χ0n) is 13.2. The molecular formula is C16H14F3N3O2S. The molecule has 2 aromatic rings. The molecule has 2 aliphatic rings. The zero-order chi connectivity index (χ0) is 17.7. The first-order valence-electron chi connectivity index (χ1n) is 7.71. The van der Waals surface area contributed by atoms with Crippen LogP contribution in [0.5, 0.6) is 5.75 Å². The molecule has 3 heterocycles. The van der Waals surface area contributed by atoms with Crippen molar-refractivity contribution in [3.8, 4) is 17.1 Å². The van der Waals surface area contributed by atoms with Gasteiger partial charge in [-0.05, 0) is 30.8 Å². The van der Waals surface area contributed by atoms with Crippen molar-refractivity contribution in [1.29, 1.82) is 0 Å². The summed E-state index contributed by atoms with van der Waals surface area (Å²) in [7, 11) is 0. The Balaban J connectivity index is 1.82. The maximum absolute atomic E-state index is 14.4. The summed E-state index contributed by atoms with van der Waals surface area (Å²) >= 11 is 5.04. The van der Waals surface area contributed by atoms with E-state index in [0.717, 1.165) is 0 Å². The van der Waals surface area contributed by atoms with Gasteiger partial charge in [-0.25, -0.2) is 18.2 Å². The third kappa shape index (κ3) is 2.53. The Morgan fingerprint density at radius 3 is 2.88 bits per heavy atom. The molecule has 0 spiro atoms. The van der Waals surface area contributed by atoms with E-state index in [1.807, 2.05) is 0 Å². The van der Waals surface area contributed by atoms with Crippen molar-refractivity contribution >= 4 is 23.2 Å². The fraction of sp³-hybridized carbons (Fsp3) is 0.375. The highest BCUT2D eigenvalue weighted by Crippen LogP contribution is 2.37. The van der Waals surface area contributed by atoms with E-state index in [2.05, 4.69) is 4.98 Å². The van der Waals surface area contributed by atoms with Gasteiger partial charge in [0.05, 0.1) is 12.1 Å². The number of ether oxygens (including phenoxy) is 2. The van der Waals surface area contributed by atoms with Gasteiger partial charge in [-0.15, -0.1) is 0 Å². The lowest BCUT2D eigenvalue weighted by Gasteiger charge is -2.19. The van der Waals surface area contributed by atoms with Crippen LogP contribution < -0.4 is 9.64 Å². The molecular weight excluding hydrogens is 355 g/mol. The number of imidazole rings is 1. The highest BCUT2D eigenvalue weighted by Gasteiger charge is 2.39. The van der Waals surface area contributed by atoms with Gasteiger partial charge in [0.15, 0.2) is 17.4 Å². The van der Waals surface area contributed by atoms with Crippen LogP contribution in [-0.2, 0) is 11.3 Å². The molecule has 132 valence electrons. The average molecular weight is 369 g/mol. The number of thiocarbonyl (C=S) groups is 1. The Labute approximate surface area is 147 Å².